The van der Waals surface area contributed by atoms with E-state index < -0.39 is 0 Å². The summed E-state index contributed by atoms with van der Waals surface area (Å²) in [5.74, 6) is -0.148. The molecule has 2 aromatic heterocycles. The summed E-state index contributed by atoms with van der Waals surface area (Å²) in [6.45, 7) is 0.0500. The normalized spacial score (nSPS) is 11.6. The monoisotopic (exact) mass is 395 g/mol. The number of carbonyl (C=O) groups is 1. The van der Waals surface area contributed by atoms with E-state index in [2.05, 4.69) is 10.5 Å². The van der Waals surface area contributed by atoms with Crippen LogP contribution in [0.2, 0.25) is 0 Å². The van der Waals surface area contributed by atoms with Gasteiger partial charge in [-0.1, -0.05) is 42.5 Å². The summed E-state index contributed by atoms with van der Waals surface area (Å²) < 4.78 is 1.85. The molecular weight excluding hydrogens is 378 g/mol. The first-order valence-electron chi connectivity index (χ1n) is 9.44. The van der Waals surface area contributed by atoms with Crippen LogP contribution in [0.5, 0.6) is 5.75 Å². The van der Waals surface area contributed by atoms with Gasteiger partial charge in [0.2, 0.25) is 0 Å². The van der Waals surface area contributed by atoms with Crippen LogP contribution in [0, 0.1) is 0 Å². The molecular formula is C23H17N5O2. The number of fused-ring (bicyclic) bond motifs is 4. The van der Waals surface area contributed by atoms with Crippen molar-refractivity contribution in [3.05, 3.63) is 78.4 Å². The van der Waals surface area contributed by atoms with Crippen molar-refractivity contribution >= 4 is 45.2 Å². The first-order chi connectivity index (χ1) is 14.7. The minimum atomic E-state index is -0.288. The van der Waals surface area contributed by atoms with Crippen LogP contribution in [0.15, 0.2) is 77.9 Å². The van der Waals surface area contributed by atoms with E-state index in [1.165, 1.54) is 6.21 Å². The van der Waals surface area contributed by atoms with Gasteiger partial charge < -0.3 is 9.67 Å². The molecule has 0 atom stereocenters. The van der Waals surface area contributed by atoms with Crippen molar-refractivity contribution in [2.45, 2.75) is 6.54 Å². The zero-order valence-corrected chi connectivity index (χ0v) is 15.9. The third-order valence-electron chi connectivity index (χ3n) is 4.83. The van der Waals surface area contributed by atoms with Crippen molar-refractivity contribution in [2.24, 2.45) is 5.10 Å². The number of aromatic hydroxyl groups is 1. The van der Waals surface area contributed by atoms with Crippen LogP contribution in [-0.4, -0.2) is 31.8 Å². The van der Waals surface area contributed by atoms with Gasteiger partial charge in [-0.2, -0.15) is 5.10 Å². The van der Waals surface area contributed by atoms with Crippen molar-refractivity contribution in [1.29, 1.82) is 0 Å². The predicted octanol–water partition coefficient (Wildman–Crippen LogP) is 3.59. The van der Waals surface area contributed by atoms with Crippen LogP contribution in [0.25, 0.3) is 33.1 Å². The number of para-hydroxylation sites is 3. The number of rotatable bonds is 4. The summed E-state index contributed by atoms with van der Waals surface area (Å²) in [5, 5.41) is 14.4. The molecule has 0 radical (unpaired) electrons. The number of aromatic nitrogens is 3. The zero-order chi connectivity index (χ0) is 20.5. The fourth-order valence-corrected chi connectivity index (χ4v) is 3.51. The number of hydrazone groups is 1. The van der Waals surface area contributed by atoms with Gasteiger partial charge in [-0.3, -0.25) is 4.79 Å². The Morgan fingerprint density at radius 1 is 1.00 bits per heavy atom. The first-order valence-corrected chi connectivity index (χ1v) is 9.44. The van der Waals surface area contributed by atoms with Crippen molar-refractivity contribution < 1.29 is 9.90 Å². The molecule has 1 amide bonds. The molecule has 2 N–H and O–H groups in total. The average Bonchev–Trinajstić information content (AvgIpc) is 3.05. The van der Waals surface area contributed by atoms with E-state index in [1.807, 2.05) is 53.1 Å². The number of nitrogens with zero attached hydrogens (tertiary/aromatic N) is 4. The van der Waals surface area contributed by atoms with Crippen molar-refractivity contribution in [1.82, 2.24) is 20.0 Å². The molecule has 0 unspecified atom stereocenters. The number of phenols is 1. The molecule has 2 heterocycles. The van der Waals surface area contributed by atoms with Crippen LogP contribution in [0.3, 0.4) is 0 Å². The van der Waals surface area contributed by atoms with Crippen molar-refractivity contribution in [3.8, 4) is 5.75 Å². The van der Waals surface area contributed by atoms with Gasteiger partial charge in [-0.15, -0.1) is 0 Å². The maximum atomic E-state index is 12.6. The fourth-order valence-electron chi connectivity index (χ4n) is 3.51. The van der Waals surface area contributed by atoms with E-state index in [9.17, 15) is 9.90 Å². The van der Waals surface area contributed by atoms with Gasteiger partial charge in [-0.25, -0.2) is 15.4 Å². The standard InChI is InChI=1S/C23H17N5O2/c29-16-7-5-6-15(12-16)13-24-27-21(30)14-28-20-11-4-1-8-17(20)22-23(28)26-19-10-3-2-9-18(19)25-22/h1-13,29H,14H2,(H,27,30)/b24-13+. The topological polar surface area (TPSA) is 92.4 Å². The summed E-state index contributed by atoms with van der Waals surface area (Å²) in [4.78, 5) is 22.1. The Kier molecular flexibility index (Phi) is 4.33. The van der Waals surface area contributed by atoms with Crippen molar-refractivity contribution in [3.63, 3.8) is 0 Å². The lowest BCUT2D eigenvalue weighted by atomic mass is 10.2. The third kappa shape index (κ3) is 3.22. The molecule has 0 aliphatic rings. The second kappa shape index (κ2) is 7.29. The molecule has 0 aliphatic heterocycles. The van der Waals surface area contributed by atoms with Gasteiger partial charge >= 0.3 is 0 Å². The molecule has 0 aliphatic carbocycles. The highest BCUT2D eigenvalue weighted by molar-refractivity contribution is 6.07. The highest BCUT2D eigenvalue weighted by atomic mass is 16.3. The molecule has 5 aromatic rings. The summed E-state index contributed by atoms with van der Waals surface area (Å²) in [6, 6.07) is 22.1. The molecule has 5 rings (SSSR count). The van der Waals surface area contributed by atoms with Gasteiger partial charge in [0.1, 0.15) is 17.8 Å². The summed E-state index contributed by atoms with van der Waals surface area (Å²) in [6.07, 6.45) is 1.48. The smallest absolute Gasteiger partial charge is 0.260 e. The maximum absolute atomic E-state index is 12.6. The highest BCUT2D eigenvalue weighted by Crippen LogP contribution is 2.28. The van der Waals surface area contributed by atoms with Crippen LogP contribution in [0.4, 0.5) is 0 Å². The molecule has 7 nitrogen and oxygen atoms in total. The number of phenolic OH excluding ortho intramolecular Hbond substituents is 1. The molecule has 30 heavy (non-hydrogen) atoms. The van der Waals surface area contributed by atoms with Gasteiger partial charge in [0, 0.05) is 5.39 Å². The highest BCUT2D eigenvalue weighted by Gasteiger charge is 2.16. The Labute approximate surface area is 171 Å². The number of carbonyl (C=O) groups excluding carboxylic acids is 1. The lowest BCUT2D eigenvalue weighted by Gasteiger charge is -2.06. The second-order valence-electron chi connectivity index (χ2n) is 6.88. The van der Waals surface area contributed by atoms with E-state index in [0.29, 0.717) is 11.2 Å². The Balaban J connectivity index is 1.49. The number of hydrogen-bond acceptors (Lipinski definition) is 5. The number of hydrogen-bond donors (Lipinski definition) is 2. The third-order valence-corrected chi connectivity index (χ3v) is 4.83. The molecule has 0 fully saturated rings. The fraction of sp³-hybridized carbons (Fsp3) is 0.0435. The molecule has 3 aromatic carbocycles. The zero-order valence-electron chi connectivity index (χ0n) is 15.9. The summed E-state index contributed by atoms with van der Waals surface area (Å²) in [7, 11) is 0. The Bertz CT molecular complexity index is 1440. The molecule has 146 valence electrons. The minimum Gasteiger partial charge on any atom is -0.508 e. The van der Waals surface area contributed by atoms with Crippen LogP contribution in [-0.2, 0) is 11.3 Å². The Morgan fingerprint density at radius 2 is 1.77 bits per heavy atom. The molecule has 0 saturated heterocycles. The molecule has 0 bridgehead atoms. The van der Waals surface area contributed by atoms with Gasteiger partial charge in [0.05, 0.1) is 22.8 Å². The maximum Gasteiger partial charge on any atom is 0.260 e. The van der Waals surface area contributed by atoms with E-state index in [-0.39, 0.29) is 18.2 Å². The van der Waals surface area contributed by atoms with Crippen LogP contribution in [0.1, 0.15) is 5.56 Å². The van der Waals surface area contributed by atoms with E-state index >= 15 is 0 Å². The SMILES string of the molecule is O=C(Cn1c2ccccc2c2nc3ccccc3nc21)N/N=C/c1cccc(O)c1. The average molecular weight is 395 g/mol. The van der Waals surface area contributed by atoms with E-state index in [1.54, 1.807) is 24.3 Å². The molecule has 0 saturated carbocycles. The number of amides is 1. The van der Waals surface area contributed by atoms with Crippen LogP contribution >= 0.6 is 0 Å². The Hall–Kier alpha value is -4.26. The second-order valence-corrected chi connectivity index (χ2v) is 6.88. The van der Waals surface area contributed by atoms with E-state index in [4.69, 9.17) is 9.97 Å². The van der Waals surface area contributed by atoms with E-state index in [0.717, 1.165) is 27.5 Å². The molecule has 0 spiro atoms. The lowest BCUT2D eigenvalue weighted by Crippen LogP contribution is -2.23. The Morgan fingerprint density at radius 3 is 2.60 bits per heavy atom. The largest absolute Gasteiger partial charge is 0.508 e. The summed E-state index contributed by atoms with van der Waals surface area (Å²) >= 11 is 0. The quantitative estimate of drug-likeness (QED) is 0.359. The lowest BCUT2D eigenvalue weighted by molar-refractivity contribution is -0.121. The van der Waals surface area contributed by atoms with Crippen molar-refractivity contribution in [2.75, 3.05) is 0 Å². The van der Waals surface area contributed by atoms with Gasteiger partial charge in [0.15, 0.2) is 5.65 Å². The minimum absolute atomic E-state index is 0.0500. The number of nitrogens with one attached hydrogen (secondary N) is 1. The first kappa shape index (κ1) is 17.8. The van der Waals surface area contributed by atoms with Gasteiger partial charge in [0.25, 0.3) is 5.91 Å². The number of benzene rings is 3. The molecule has 7 heteroatoms. The summed E-state index contributed by atoms with van der Waals surface area (Å²) in [5.41, 5.74) is 7.11. The predicted molar refractivity (Wildman–Crippen MR) is 116 cm³/mol. The van der Waals surface area contributed by atoms with Gasteiger partial charge in [-0.05, 0) is 35.9 Å². The van der Waals surface area contributed by atoms with Crippen LogP contribution < -0.4 is 5.43 Å².